The highest BCUT2D eigenvalue weighted by Crippen LogP contribution is 2.32. The second-order valence-corrected chi connectivity index (χ2v) is 6.63. The fourth-order valence-electron chi connectivity index (χ4n) is 2.68. The number of carbonyl (C=O) groups excluding carboxylic acids is 1. The predicted molar refractivity (Wildman–Crippen MR) is 103 cm³/mol. The maximum atomic E-state index is 13.1. The first kappa shape index (κ1) is 21.8. The molecule has 0 unspecified atom stereocenters. The molecule has 0 spiro atoms. The highest BCUT2D eigenvalue weighted by atomic mass is 35.5. The molecule has 0 aliphatic carbocycles. The zero-order valence-electron chi connectivity index (χ0n) is 15.4. The molecule has 0 saturated carbocycles. The number of nitrogen functional groups attached to an aromatic ring is 1. The number of carbonyl (C=O) groups is 1. The minimum Gasteiger partial charge on any atom is -0.496 e. The average molecular weight is 416 g/mol. The van der Waals surface area contributed by atoms with Crippen LogP contribution in [-0.2, 0) is 12.7 Å². The van der Waals surface area contributed by atoms with Crippen LogP contribution in [0.4, 0.5) is 18.9 Å². The monoisotopic (exact) mass is 415 g/mol. The number of anilines is 1. The standard InChI is InChI=1S/C19H21ClF3N3O2/c1-26(11-12-5-3-4-6-14(12)19(21,22)23)8-7-25-18(27)13-9-15(20)16(24)10-17(13)28-2/h3-6,9-10H,7-8,11,24H2,1-2H3,(H,25,27). The Morgan fingerprint density at radius 3 is 2.61 bits per heavy atom. The molecule has 152 valence electrons. The third-order valence-electron chi connectivity index (χ3n) is 4.11. The molecule has 0 heterocycles. The third kappa shape index (κ3) is 5.53. The third-order valence-corrected chi connectivity index (χ3v) is 4.43. The molecule has 0 bridgehead atoms. The molecule has 0 saturated heterocycles. The van der Waals surface area contributed by atoms with Gasteiger partial charge in [0, 0.05) is 25.7 Å². The summed E-state index contributed by atoms with van der Waals surface area (Å²) in [5.41, 5.74) is 5.73. The van der Waals surface area contributed by atoms with Crippen LogP contribution in [0.15, 0.2) is 36.4 Å². The Kier molecular flexibility index (Phi) is 7.15. The zero-order valence-corrected chi connectivity index (χ0v) is 16.2. The highest BCUT2D eigenvalue weighted by Gasteiger charge is 2.32. The summed E-state index contributed by atoms with van der Waals surface area (Å²) in [6, 6.07) is 8.29. The Bertz CT molecular complexity index is 844. The fraction of sp³-hybridized carbons (Fsp3) is 0.316. The van der Waals surface area contributed by atoms with Crippen molar-refractivity contribution in [3.63, 3.8) is 0 Å². The van der Waals surface area contributed by atoms with Crippen LogP contribution >= 0.6 is 11.6 Å². The second kappa shape index (κ2) is 9.16. The smallest absolute Gasteiger partial charge is 0.416 e. The molecular weight excluding hydrogens is 395 g/mol. The summed E-state index contributed by atoms with van der Waals surface area (Å²) in [6.45, 7) is 0.681. The van der Waals surface area contributed by atoms with Crippen molar-refractivity contribution in [3.8, 4) is 5.75 Å². The molecule has 0 radical (unpaired) electrons. The van der Waals surface area contributed by atoms with Crippen LogP contribution in [0.2, 0.25) is 5.02 Å². The van der Waals surface area contributed by atoms with Gasteiger partial charge in [0.05, 0.1) is 28.9 Å². The molecule has 5 nitrogen and oxygen atoms in total. The van der Waals surface area contributed by atoms with E-state index in [0.29, 0.717) is 6.54 Å². The van der Waals surface area contributed by atoms with Gasteiger partial charge >= 0.3 is 6.18 Å². The maximum Gasteiger partial charge on any atom is 0.416 e. The van der Waals surface area contributed by atoms with E-state index in [1.165, 1.54) is 31.4 Å². The van der Waals surface area contributed by atoms with Crippen molar-refractivity contribution in [2.75, 3.05) is 33.0 Å². The van der Waals surface area contributed by atoms with Crippen LogP contribution in [0.3, 0.4) is 0 Å². The van der Waals surface area contributed by atoms with Crippen molar-refractivity contribution < 1.29 is 22.7 Å². The quantitative estimate of drug-likeness (QED) is 0.675. The lowest BCUT2D eigenvalue weighted by molar-refractivity contribution is -0.138. The summed E-state index contributed by atoms with van der Waals surface area (Å²) in [4.78, 5) is 14.0. The van der Waals surface area contributed by atoms with E-state index >= 15 is 0 Å². The summed E-state index contributed by atoms with van der Waals surface area (Å²) in [5.74, 6) is -0.130. The van der Waals surface area contributed by atoms with Gasteiger partial charge in [0.2, 0.25) is 0 Å². The second-order valence-electron chi connectivity index (χ2n) is 6.22. The van der Waals surface area contributed by atoms with E-state index in [0.717, 1.165) is 6.07 Å². The summed E-state index contributed by atoms with van der Waals surface area (Å²) in [7, 11) is 3.09. The van der Waals surface area contributed by atoms with Crippen molar-refractivity contribution in [3.05, 3.63) is 58.1 Å². The number of amides is 1. The number of hydrogen-bond donors (Lipinski definition) is 2. The van der Waals surface area contributed by atoms with Gasteiger partial charge in [-0.2, -0.15) is 13.2 Å². The molecule has 0 fully saturated rings. The lowest BCUT2D eigenvalue weighted by atomic mass is 10.1. The molecule has 3 N–H and O–H groups in total. The van der Waals surface area contributed by atoms with Gasteiger partial charge in [-0.25, -0.2) is 0 Å². The minimum atomic E-state index is -4.41. The number of methoxy groups -OCH3 is 1. The molecule has 0 aliphatic rings. The highest BCUT2D eigenvalue weighted by molar-refractivity contribution is 6.33. The van der Waals surface area contributed by atoms with E-state index in [9.17, 15) is 18.0 Å². The predicted octanol–water partition coefficient (Wildman–Crippen LogP) is 3.81. The summed E-state index contributed by atoms with van der Waals surface area (Å²) in [5, 5.41) is 2.93. The van der Waals surface area contributed by atoms with Gasteiger partial charge < -0.3 is 20.7 Å². The first-order valence-electron chi connectivity index (χ1n) is 8.38. The summed E-state index contributed by atoms with van der Waals surface area (Å²) in [6.07, 6.45) is -4.41. The van der Waals surface area contributed by atoms with E-state index in [1.807, 2.05) is 0 Å². The van der Waals surface area contributed by atoms with Crippen molar-refractivity contribution in [2.24, 2.45) is 0 Å². The Morgan fingerprint density at radius 1 is 1.29 bits per heavy atom. The Morgan fingerprint density at radius 2 is 1.96 bits per heavy atom. The van der Waals surface area contributed by atoms with E-state index in [1.54, 1.807) is 18.0 Å². The number of benzene rings is 2. The van der Waals surface area contributed by atoms with Gasteiger partial charge in [0.25, 0.3) is 5.91 Å². The van der Waals surface area contributed by atoms with Crippen molar-refractivity contribution >= 4 is 23.2 Å². The van der Waals surface area contributed by atoms with Gasteiger partial charge in [-0.05, 0) is 24.7 Å². The maximum absolute atomic E-state index is 13.1. The molecular formula is C19H21ClF3N3O2. The molecule has 28 heavy (non-hydrogen) atoms. The molecule has 2 rings (SSSR count). The van der Waals surface area contributed by atoms with Crippen LogP contribution in [0.5, 0.6) is 5.75 Å². The molecule has 9 heteroatoms. The van der Waals surface area contributed by atoms with E-state index in [4.69, 9.17) is 22.1 Å². The SMILES string of the molecule is COc1cc(N)c(Cl)cc1C(=O)NCCN(C)Cc1ccccc1C(F)(F)F. The first-order chi connectivity index (χ1) is 13.1. The molecule has 1 amide bonds. The Balaban J connectivity index is 1.96. The average Bonchev–Trinajstić information content (AvgIpc) is 2.63. The number of halogens is 4. The van der Waals surface area contributed by atoms with Crippen molar-refractivity contribution in [1.82, 2.24) is 10.2 Å². The lowest BCUT2D eigenvalue weighted by Gasteiger charge is -2.20. The Hall–Kier alpha value is -2.45. The largest absolute Gasteiger partial charge is 0.496 e. The van der Waals surface area contributed by atoms with Crippen LogP contribution < -0.4 is 15.8 Å². The van der Waals surface area contributed by atoms with Crippen LogP contribution in [0.25, 0.3) is 0 Å². The van der Waals surface area contributed by atoms with Gasteiger partial charge in [0.15, 0.2) is 0 Å². The molecule has 0 aromatic heterocycles. The van der Waals surface area contributed by atoms with Gasteiger partial charge in [0.1, 0.15) is 5.75 Å². The van der Waals surface area contributed by atoms with Crippen LogP contribution in [0, 0.1) is 0 Å². The molecule has 2 aromatic rings. The number of rotatable bonds is 7. The summed E-state index contributed by atoms with van der Waals surface area (Å²) >= 11 is 5.95. The van der Waals surface area contributed by atoms with Gasteiger partial charge in [-0.1, -0.05) is 29.8 Å². The fourth-order valence-corrected chi connectivity index (χ4v) is 2.84. The van der Waals surface area contributed by atoms with Crippen molar-refractivity contribution in [2.45, 2.75) is 12.7 Å². The summed E-state index contributed by atoms with van der Waals surface area (Å²) < 4.78 is 44.3. The number of likely N-dealkylation sites (N-methyl/N-ethyl adjacent to an activating group) is 1. The van der Waals surface area contributed by atoms with Crippen molar-refractivity contribution in [1.29, 1.82) is 0 Å². The number of ether oxygens (including phenoxy) is 1. The van der Waals surface area contributed by atoms with E-state index < -0.39 is 17.6 Å². The normalized spacial score (nSPS) is 11.5. The van der Waals surface area contributed by atoms with Gasteiger partial charge in [-0.15, -0.1) is 0 Å². The number of alkyl halides is 3. The molecule has 0 aliphatic heterocycles. The minimum absolute atomic E-state index is 0.0998. The Labute approximate surface area is 166 Å². The first-order valence-corrected chi connectivity index (χ1v) is 8.76. The van der Waals surface area contributed by atoms with Gasteiger partial charge in [-0.3, -0.25) is 4.79 Å². The molecule has 2 aromatic carbocycles. The van der Waals surface area contributed by atoms with E-state index in [2.05, 4.69) is 5.32 Å². The number of nitrogens with two attached hydrogens (primary N) is 1. The van der Waals surface area contributed by atoms with Crippen LogP contribution in [-0.4, -0.2) is 38.1 Å². The number of nitrogens with zero attached hydrogens (tertiary/aromatic N) is 1. The number of hydrogen-bond acceptors (Lipinski definition) is 4. The lowest BCUT2D eigenvalue weighted by Crippen LogP contribution is -2.33. The number of nitrogens with one attached hydrogen (secondary N) is 1. The van der Waals surface area contributed by atoms with E-state index in [-0.39, 0.29) is 40.7 Å². The van der Waals surface area contributed by atoms with Crippen LogP contribution in [0.1, 0.15) is 21.5 Å². The zero-order chi connectivity index (χ0) is 20.9. The topological polar surface area (TPSA) is 67.6 Å². The molecule has 0 atom stereocenters.